The highest BCUT2D eigenvalue weighted by Gasteiger charge is 2.29. The molecule has 6 heteroatoms. The van der Waals surface area contributed by atoms with E-state index in [1.165, 1.54) is 0 Å². The molecule has 0 spiro atoms. The highest BCUT2D eigenvalue weighted by atomic mass is 16.6. The molecular weight excluding hydrogens is 232 g/mol. The number of rotatable bonds is 1. The minimum atomic E-state index is -0.427. The van der Waals surface area contributed by atoms with Crippen molar-refractivity contribution in [3.8, 4) is 0 Å². The van der Waals surface area contributed by atoms with Gasteiger partial charge in [-0.05, 0) is 38.4 Å². The molecule has 0 bridgehead atoms. The zero-order valence-electron chi connectivity index (χ0n) is 11.2. The molecule has 1 aliphatic heterocycles. The molecule has 1 fully saturated rings. The lowest BCUT2D eigenvalue weighted by Gasteiger charge is -2.31. The number of ether oxygens (including phenoxy) is 1. The van der Waals surface area contributed by atoms with Gasteiger partial charge in [0.05, 0.1) is 0 Å². The van der Waals surface area contributed by atoms with Crippen LogP contribution in [0.1, 0.15) is 39.7 Å². The molecule has 100 valence electrons. The summed E-state index contributed by atoms with van der Waals surface area (Å²) < 4.78 is 5.36. The monoisotopic (exact) mass is 253 g/mol. The smallest absolute Gasteiger partial charge is 0.410 e. The molecule has 0 saturated carbocycles. The Bertz CT molecular complexity index is 389. The third kappa shape index (κ3) is 3.21. The minimum absolute atomic E-state index is 0.217. The van der Waals surface area contributed by atoms with E-state index in [9.17, 15) is 4.79 Å². The number of H-pyrrole nitrogens is 1. The number of nitrogens with zero attached hydrogens (tertiary/aromatic N) is 3. The average Bonchev–Trinajstić information content (AvgIpc) is 2.80. The zero-order chi connectivity index (χ0) is 13.2. The number of carbonyl (C=O) groups is 1. The minimum Gasteiger partial charge on any atom is -0.444 e. The molecule has 1 aromatic heterocycles. The van der Waals surface area contributed by atoms with Crippen molar-refractivity contribution >= 4 is 6.09 Å². The first-order valence-corrected chi connectivity index (χ1v) is 6.35. The summed E-state index contributed by atoms with van der Waals surface area (Å²) in [6, 6.07) is 0.346. The molecule has 1 aliphatic rings. The first-order valence-electron chi connectivity index (χ1n) is 6.35. The number of hydrogen-bond acceptors (Lipinski definition) is 3. The molecule has 0 atom stereocenters. The van der Waals surface area contributed by atoms with Gasteiger partial charge in [0.2, 0.25) is 6.20 Å². The third-order valence-corrected chi connectivity index (χ3v) is 2.93. The molecular formula is C12H21N4O2+. The lowest BCUT2D eigenvalue weighted by Crippen LogP contribution is -2.43. The summed E-state index contributed by atoms with van der Waals surface area (Å²) in [4.78, 5) is 15.5. The number of nitrogens with one attached hydrogen (secondary N) is 1. The first kappa shape index (κ1) is 12.9. The number of aromatic nitrogens is 3. The van der Waals surface area contributed by atoms with Crippen LogP contribution < -0.4 is 5.10 Å². The zero-order valence-corrected chi connectivity index (χ0v) is 11.2. The predicted octanol–water partition coefficient (Wildman–Crippen LogP) is 1.27. The van der Waals surface area contributed by atoms with Crippen molar-refractivity contribution in [2.24, 2.45) is 0 Å². The van der Waals surface area contributed by atoms with Gasteiger partial charge in [0.15, 0.2) is 6.20 Å². The molecule has 6 nitrogen and oxygen atoms in total. The molecule has 1 saturated heterocycles. The maximum absolute atomic E-state index is 11.9. The fourth-order valence-electron chi connectivity index (χ4n) is 2.07. The lowest BCUT2D eigenvalue weighted by molar-refractivity contribution is -0.503. The highest BCUT2D eigenvalue weighted by molar-refractivity contribution is 5.68. The van der Waals surface area contributed by atoms with Crippen LogP contribution >= 0.6 is 0 Å². The highest BCUT2D eigenvalue weighted by Crippen LogP contribution is 2.21. The van der Waals surface area contributed by atoms with E-state index in [0.29, 0.717) is 19.1 Å². The van der Waals surface area contributed by atoms with E-state index in [4.69, 9.17) is 4.74 Å². The maximum Gasteiger partial charge on any atom is 0.410 e. The van der Waals surface area contributed by atoms with E-state index < -0.39 is 5.60 Å². The van der Waals surface area contributed by atoms with Crippen LogP contribution in [0.25, 0.3) is 0 Å². The van der Waals surface area contributed by atoms with Crippen LogP contribution in [0.5, 0.6) is 0 Å². The molecule has 1 aromatic rings. The molecule has 2 heterocycles. The van der Waals surface area contributed by atoms with Gasteiger partial charge in [-0.15, -0.1) is 0 Å². The predicted molar refractivity (Wildman–Crippen MR) is 64.9 cm³/mol. The van der Waals surface area contributed by atoms with E-state index in [0.717, 1.165) is 12.8 Å². The Labute approximate surface area is 107 Å². The van der Waals surface area contributed by atoms with E-state index in [1.54, 1.807) is 17.3 Å². The topological polar surface area (TPSA) is 61.5 Å². The van der Waals surface area contributed by atoms with E-state index in [1.807, 2.05) is 25.6 Å². The van der Waals surface area contributed by atoms with Crippen LogP contribution in [-0.2, 0) is 4.74 Å². The Morgan fingerprint density at radius 3 is 2.56 bits per heavy atom. The molecule has 0 aliphatic carbocycles. The van der Waals surface area contributed by atoms with Gasteiger partial charge in [0.1, 0.15) is 11.6 Å². The van der Waals surface area contributed by atoms with Gasteiger partial charge in [-0.25, -0.2) is 4.79 Å². The molecule has 1 amide bonds. The SMILES string of the molecule is CC(C)(C)OC(=O)N1CCC(n2ncc[nH+]2)CC1. The average molecular weight is 253 g/mol. The van der Waals surface area contributed by atoms with Gasteiger partial charge in [0.25, 0.3) is 0 Å². The van der Waals surface area contributed by atoms with Crippen molar-refractivity contribution in [2.75, 3.05) is 13.1 Å². The van der Waals surface area contributed by atoms with Gasteiger partial charge < -0.3 is 9.64 Å². The summed E-state index contributed by atoms with van der Waals surface area (Å²) in [5.74, 6) is 0. The molecule has 2 rings (SSSR count). The van der Waals surface area contributed by atoms with Gasteiger partial charge >= 0.3 is 6.09 Å². The fourth-order valence-corrected chi connectivity index (χ4v) is 2.07. The normalized spacial score (nSPS) is 17.8. The Morgan fingerprint density at radius 2 is 2.06 bits per heavy atom. The Hall–Kier alpha value is -1.59. The van der Waals surface area contributed by atoms with Crippen molar-refractivity contribution in [3.63, 3.8) is 0 Å². The Morgan fingerprint density at radius 1 is 1.39 bits per heavy atom. The quantitative estimate of drug-likeness (QED) is 0.757. The van der Waals surface area contributed by atoms with Crippen LogP contribution in [-0.4, -0.2) is 39.6 Å². The van der Waals surface area contributed by atoms with E-state index >= 15 is 0 Å². The van der Waals surface area contributed by atoms with Crippen molar-refractivity contribution in [2.45, 2.75) is 45.3 Å². The largest absolute Gasteiger partial charge is 0.444 e. The fraction of sp³-hybridized carbons (Fsp3) is 0.750. The number of hydrogen-bond donors (Lipinski definition) is 0. The molecule has 0 radical (unpaired) electrons. The second-order valence-electron chi connectivity index (χ2n) is 5.60. The molecule has 0 unspecified atom stereocenters. The molecule has 0 aromatic carbocycles. The number of amides is 1. The van der Waals surface area contributed by atoms with E-state index in [-0.39, 0.29) is 6.09 Å². The second-order valence-corrected chi connectivity index (χ2v) is 5.60. The number of aromatic amines is 1. The van der Waals surface area contributed by atoms with Gasteiger partial charge in [0, 0.05) is 18.2 Å². The Balaban J connectivity index is 1.85. The summed E-state index contributed by atoms with van der Waals surface area (Å²) >= 11 is 0. The first-order chi connectivity index (χ1) is 8.46. The standard InChI is InChI=1S/C12H20N4O2/c1-12(2,3)18-11(17)15-8-4-10(5-9-15)16-13-6-7-14-16/h6-7,10H,4-5,8-9H2,1-3H3/p+1. The summed E-state index contributed by atoms with van der Waals surface area (Å²) in [6.45, 7) is 7.09. The van der Waals surface area contributed by atoms with Crippen molar-refractivity contribution in [1.82, 2.24) is 14.8 Å². The number of carbonyl (C=O) groups excluding carboxylic acids is 1. The van der Waals surface area contributed by atoms with Gasteiger partial charge in [-0.1, -0.05) is 0 Å². The summed E-state index contributed by atoms with van der Waals surface area (Å²) in [5, 5.41) is 7.26. The lowest BCUT2D eigenvalue weighted by atomic mass is 10.1. The summed E-state index contributed by atoms with van der Waals surface area (Å²) in [5.41, 5.74) is -0.427. The second kappa shape index (κ2) is 4.96. The third-order valence-electron chi connectivity index (χ3n) is 2.93. The van der Waals surface area contributed by atoms with Crippen LogP contribution in [0.3, 0.4) is 0 Å². The number of piperidine rings is 1. The summed E-state index contributed by atoms with van der Waals surface area (Å²) in [7, 11) is 0. The molecule has 1 N–H and O–H groups in total. The van der Waals surface area contributed by atoms with E-state index in [2.05, 4.69) is 10.2 Å². The van der Waals surface area contributed by atoms with Crippen LogP contribution in [0.4, 0.5) is 4.79 Å². The van der Waals surface area contributed by atoms with Crippen LogP contribution in [0.15, 0.2) is 12.4 Å². The van der Waals surface area contributed by atoms with Gasteiger partial charge in [-0.3, -0.25) is 0 Å². The van der Waals surface area contributed by atoms with Crippen molar-refractivity contribution in [1.29, 1.82) is 0 Å². The summed E-state index contributed by atoms with van der Waals surface area (Å²) in [6.07, 6.45) is 5.13. The van der Waals surface area contributed by atoms with Crippen molar-refractivity contribution < 1.29 is 14.6 Å². The van der Waals surface area contributed by atoms with Crippen LogP contribution in [0, 0.1) is 0 Å². The van der Waals surface area contributed by atoms with Crippen LogP contribution in [0.2, 0.25) is 0 Å². The number of likely N-dealkylation sites (tertiary alicyclic amines) is 1. The maximum atomic E-state index is 11.9. The molecule has 18 heavy (non-hydrogen) atoms. The Kier molecular flexibility index (Phi) is 3.54. The van der Waals surface area contributed by atoms with Gasteiger partial charge in [-0.2, -0.15) is 5.10 Å². The van der Waals surface area contributed by atoms with Crippen molar-refractivity contribution in [3.05, 3.63) is 12.4 Å².